The van der Waals surface area contributed by atoms with Crippen molar-refractivity contribution in [3.05, 3.63) is 24.7 Å². The van der Waals surface area contributed by atoms with Crippen molar-refractivity contribution >= 4 is 27.3 Å². The van der Waals surface area contributed by atoms with Crippen molar-refractivity contribution in [1.29, 1.82) is 0 Å². The average Bonchev–Trinajstić information content (AvgIpc) is 2.97. The zero-order valence-corrected chi connectivity index (χ0v) is 10.5. The lowest BCUT2D eigenvalue weighted by Gasteiger charge is -2.17. The van der Waals surface area contributed by atoms with Crippen molar-refractivity contribution in [2.75, 3.05) is 23.3 Å². The average molecular weight is 281 g/mol. The van der Waals surface area contributed by atoms with Crippen molar-refractivity contribution in [2.45, 2.75) is 6.42 Å². The van der Waals surface area contributed by atoms with E-state index in [-0.39, 0.29) is 0 Å². The Morgan fingerprint density at radius 3 is 3.19 bits per heavy atom. The fourth-order valence-corrected chi connectivity index (χ4v) is 2.77. The molecule has 0 saturated carbocycles. The number of hydrogen-bond donors (Lipinski definition) is 0. The van der Waals surface area contributed by atoms with E-state index in [1.54, 1.807) is 0 Å². The minimum atomic E-state index is 0.741. The molecule has 1 fully saturated rings. The number of alkyl halides is 1. The topological polar surface area (TPSA) is 33.4 Å². The molecular weight excluding hydrogens is 268 g/mol. The van der Waals surface area contributed by atoms with Crippen LogP contribution in [0, 0.1) is 5.92 Å². The summed E-state index contributed by atoms with van der Waals surface area (Å²) in [5.74, 6) is 1.80. The van der Waals surface area contributed by atoms with Crippen LogP contribution in [0.4, 0.5) is 5.82 Å². The Morgan fingerprint density at radius 2 is 2.38 bits per heavy atom. The Balaban J connectivity index is 1.97. The molecule has 1 saturated heterocycles. The van der Waals surface area contributed by atoms with Crippen LogP contribution in [0.15, 0.2) is 24.7 Å². The lowest BCUT2D eigenvalue weighted by atomic mass is 10.2. The van der Waals surface area contributed by atoms with Gasteiger partial charge in [0.2, 0.25) is 0 Å². The normalized spacial score (nSPS) is 20.8. The summed E-state index contributed by atoms with van der Waals surface area (Å²) >= 11 is 3.55. The van der Waals surface area contributed by atoms with Gasteiger partial charge < -0.3 is 4.90 Å². The van der Waals surface area contributed by atoms with E-state index >= 15 is 0 Å². The smallest absolute Gasteiger partial charge is 0.154 e. The zero-order chi connectivity index (χ0) is 11.0. The second-order valence-corrected chi connectivity index (χ2v) is 4.81. The van der Waals surface area contributed by atoms with Crippen LogP contribution in [0.25, 0.3) is 5.52 Å². The number of hydrogen-bond acceptors (Lipinski definition) is 3. The number of aromatic nitrogens is 3. The monoisotopic (exact) mass is 280 g/mol. The molecular formula is C11H13BrN4. The highest BCUT2D eigenvalue weighted by molar-refractivity contribution is 9.09. The van der Waals surface area contributed by atoms with Crippen LogP contribution in [-0.4, -0.2) is 33.0 Å². The predicted molar refractivity (Wildman–Crippen MR) is 67.1 cm³/mol. The highest BCUT2D eigenvalue weighted by atomic mass is 79.9. The summed E-state index contributed by atoms with van der Waals surface area (Å²) in [5, 5.41) is 5.31. The van der Waals surface area contributed by atoms with Crippen molar-refractivity contribution in [3.8, 4) is 0 Å². The maximum atomic E-state index is 4.48. The van der Waals surface area contributed by atoms with Crippen LogP contribution in [0.2, 0.25) is 0 Å². The van der Waals surface area contributed by atoms with Gasteiger partial charge in [0.25, 0.3) is 0 Å². The summed E-state index contributed by atoms with van der Waals surface area (Å²) in [6, 6.07) is 2.02. The minimum Gasteiger partial charge on any atom is -0.355 e. The molecule has 5 heteroatoms. The van der Waals surface area contributed by atoms with E-state index in [0.717, 1.165) is 35.7 Å². The first kappa shape index (κ1) is 10.1. The first-order chi connectivity index (χ1) is 7.88. The number of nitrogens with zero attached hydrogens (tertiary/aromatic N) is 4. The third-order valence-corrected chi connectivity index (χ3v) is 4.02. The molecule has 0 amide bonds. The third-order valence-electron chi connectivity index (χ3n) is 3.11. The van der Waals surface area contributed by atoms with E-state index in [1.165, 1.54) is 6.42 Å². The van der Waals surface area contributed by atoms with E-state index in [9.17, 15) is 0 Å². The quantitative estimate of drug-likeness (QED) is 0.789. The van der Waals surface area contributed by atoms with Gasteiger partial charge in [-0.15, -0.1) is 0 Å². The minimum absolute atomic E-state index is 0.741. The highest BCUT2D eigenvalue weighted by Gasteiger charge is 2.23. The Kier molecular flexibility index (Phi) is 2.55. The highest BCUT2D eigenvalue weighted by Crippen LogP contribution is 2.26. The van der Waals surface area contributed by atoms with Gasteiger partial charge in [0, 0.05) is 30.8 Å². The van der Waals surface area contributed by atoms with Gasteiger partial charge in [0.1, 0.15) is 5.52 Å². The Morgan fingerprint density at radius 1 is 1.44 bits per heavy atom. The summed E-state index contributed by atoms with van der Waals surface area (Å²) in [6.07, 6.45) is 6.76. The SMILES string of the molecule is BrCC1CCN(c2nccn3nccc23)C1. The van der Waals surface area contributed by atoms with Crippen LogP contribution in [0.5, 0.6) is 0 Å². The molecule has 0 radical (unpaired) electrons. The van der Waals surface area contributed by atoms with Gasteiger partial charge in [0.15, 0.2) is 5.82 Å². The number of rotatable bonds is 2. The molecule has 0 aliphatic carbocycles. The van der Waals surface area contributed by atoms with Crippen LogP contribution in [0.1, 0.15) is 6.42 Å². The fraction of sp³-hybridized carbons (Fsp3) is 0.455. The molecule has 1 unspecified atom stereocenters. The molecule has 1 aliphatic rings. The lowest BCUT2D eigenvalue weighted by Crippen LogP contribution is -2.21. The van der Waals surface area contributed by atoms with Gasteiger partial charge in [-0.05, 0) is 18.4 Å². The van der Waals surface area contributed by atoms with Crippen molar-refractivity contribution in [1.82, 2.24) is 14.6 Å². The Hall–Kier alpha value is -1.10. The largest absolute Gasteiger partial charge is 0.355 e. The second kappa shape index (κ2) is 4.05. The molecule has 84 valence electrons. The molecule has 0 aromatic carbocycles. The molecule has 3 heterocycles. The molecule has 3 rings (SSSR count). The standard InChI is InChI=1S/C11H13BrN4/c12-7-9-2-5-15(8-9)11-10-1-3-14-16(10)6-4-13-11/h1,3-4,6,9H,2,5,7-8H2. The molecule has 0 N–H and O–H groups in total. The fourth-order valence-electron chi connectivity index (χ4n) is 2.24. The van der Waals surface area contributed by atoms with E-state index in [1.807, 2.05) is 29.2 Å². The van der Waals surface area contributed by atoms with E-state index in [2.05, 4.69) is 30.9 Å². The van der Waals surface area contributed by atoms with E-state index < -0.39 is 0 Å². The second-order valence-electron chi connectivity index (χ2n) is 4.17. The molecule has 16 heavy (non-hydrogen) atoms. The van der Waals surface area contributed by atoms with Crippen LogP contribution in [0.3, 0.4) is 0 Å². The maximum Gasteiger partial charge on any atom is 0.154 e. The lowest BCUT2D eigenvalue weighted by molar-refractivity contribution is 0.675. The van der Waals surface area contributed by atoms with E-state index in [0.29, 0.717) is 0 Å². The van der Waals surface area contributed by atoms with E-state index in [4.69, 9.17) is 0 Å². The summed E-state index contributed by atoms with van der Waals surface area (Å²) < 4.78 is 1.88. The molecule has 2 aromatic heterocycles. The van der Waals surface area contributed by atoms with Gasteiger partial charge in [-0.3, -0.25) is 0 Å². The van der Waals surface area contributed by atoms with Gasteiger partial charge in [-0.1, -0.05) is 15.9 Å². The zero-order valence-electron chi connectivity index (χ0n) is 8.88. The van der Waals surface area contributed by atoms with Gasteiger partial charge in [-0.25, -0.2) is 9.50 Å². The molecule has 0 bridgehead atoms. The molecule has 4 nitrogen and oxygen atoms in total. The maximum absolute atomic E-state index is 4.48. The summed E-state index contributed by atoms with van der Waals surface area (Å²) in [5.41, 5.74) is 1.10. The predicted octanol–water partition coefficient (Wildman–Crippen LogP) is 1.95. The van der Waals surface area contributed by atoms with Crippen LogP contribution >= 0.6 is 15.9 Å². The van der Waals surface area contributed by atoms with Crippen LogP contribution in [-0.2, 0) is 0 Å². The van der Waals surface area contributed by atoms with Gasteiger partial charge in [0.05, 0.1) is 6.20 Å². The van der Waals surface area contributed by atoms with Crippen molar-refractivity contribution in [3.63, 3.8) is 0 Å². The third kappa shape index (κ3) is 1.59. The first-order valence-corrected chi connectivity index (χ1v) is 6.60. The number of halogens is 1. The summed E-state index contributed by atoms with van der Waals surface area (Å²) in [6.45, 7) is 2.18. The first-order valence-electron chi connectivity index (χ1n) is 5.48. The summed E-state index contributed by atoms with van der Waals surface area (Å²) in [4.78, 5) is 6.83. The molecule has 1 atom stereocenters. The Bertz CT molecular complexity index is 495. The molecule has 1 aliphatic heterocycles. The number of fused-ring (bicyclic) bond motifs is 1. The molecule has 2 aromatic rings. The van der Waals surface area contributed by atoms with Gasteiger partial charge in [-0.2, -0.15) is 5.10 Å². The van der Waals surface area contributed by atoms with Crippen LogP contribution < -0.4 is 4.90 Å². The van der Waals surface area contributed by atoms with Crippen molar-refractivity contribution in [2.24, 2.45) is 5.92 Å². The molecule has 0 spiro atoms. The Labute approximate surface area is 102 Å². The summed E-state index contributed by atoms with van der Waals surface area (Å²) in [7, 11) is 0. The van der Waals surface area contributed by atoms with Crippen molar-refractivity contribution < 1.29 is 0 Å². The van der Waals surface area contributed by atoms with Gasteiger partial charge >= 0.3 is 0 Å². The number of anilines is 1.